The minimum absolute atomic E-state index is 0.174. The number of ether oxygens (including phenoxy) is 3. The van der Waals surface area contributed by atoms with Crippen molar-refractivity contribution in [3.05, 3.63) is 30.5 Å². The number of nitrogens with zero attached hydrogens (tertiary/aromatic N) is 1. The summed E-state index contributed by atoms with van der Waals surface area (Å²) in [7, 11) is -3.70. The first kappa shape index (κ1) is 20.6. The highest BCUT2D eigenvalue weighted by Gasteiger charge is 2.20. The number of aromatic nitrogens is 1. The van der Waals surface area contributed by atoms with Gasteiger partial charge in [0.05, 0.1) is 11.5 Å². The fourth-order valence-corrected chi connectivity index (χ4v) is 3.85. The molecule has 2 rings (SSSR count). The highest BCUT2D eigenvalue weighted by molar-refractivity contribution is 7.89. The van der Waals surface area contributed by atoms with Gasteiger partial charge in [0.25, 0.3) is 0 Å². The zero-order valence-corrected chi connectivity index (χ0v) is 16.2. The van der Waals surface area contributed by atoms with Crippen molar-refractivity contribution in [1.82, 2.24) is 9.71 Å². The van der Waals surface area contributed by atoms with Gasteiger partial charge in [0.2, 0.25) is 10.0 Å². The van der Waals surface area contributed by atoms with Gasteiger partial charge >= 0.3 is 0 Å². The van der Waals surface area contributed by atoms with Crippen LogP contribution in [-0.2, 0) is 19.5 Å². The standard InChI is InChI=1S/C18H26N2O5S/c1-4-23-15-9-10-16(14-8-7-12-19-18(14)15)26(21,22)20-13-11-17(24-5-2)25-6-3/h7-10,12,17,20H,4-6,11,13H2,1-3H3. The number of pyridine rings is 1. The summed E-state index contributed by atoms with van der Waals surface area (Å²) >= 11 is 0. The predicted molar refractivity (Wildman–Crippen MR) is 99.8 cm³/mol. The summed E-state index contributed by atoms with van der Waals surface area (Å²) in [5, 5.41) is 0.525. The van der Waals surface area contributed by atoms with Crippen molar-refractivity contribution in [2.75, 3.05) is 26.4 Å². The third kappa shape index (κ3) is 5.14. The Balaban J connectivity index is 2.20. The summed E-state index contributed by atoms with van der Waals surface area (Å²) in [6, 6.07) is 6.61. The minimum atomic E-state index is -3.70. The van der Waals surface area contributed by atoms with Crippen LogP contribution < -0.4 is 9.46 Å². The van der Waals surface area contributed by atoms with Crippen LogP contribution in [0.2, 0.25) is 0 Å². The number of rotatable bonds is 11. The van der Waals surface area contributed by atoms with Crippen LogP contribution in [0.25, 0.3) is 10.9 Å². The topological polar surface area (TPSA) is 86.8 Å². The van der Waals surface area contributed by atoms with E-state index in [9.17, 15) is 8.42 Å². The maximum absolute atomic E-state index is 12.8. The summed E-state index contributed by atoms with van der Waals surface area (Å²) in [5.74, 6) is 0.565. The first-order valence-corrected chi connectivity index (χ1v) is 10.2. The zero-order chi connectivity index (χ0) is 19.0. The molecule has 26 heavy (non-hydrogen) atoms. The Hall–Kier alpha value is -1.74. The molecule has 0 radical (unpaired) electrons. The van der Waals surface area contributed by atoms with E-state index in [-0.39, 0.29) is 11.4 Å². The normalized spacial score (nSPS) is 12.0. The van der Waals surface area contributed by atoms with Crippen molar-refractivity contribution in [1.29, 1.82) is 0 Å². The Morgan fingerprint density at radius 1 is 1.08 bits per heavy atom. The Morgan fingerprint density at radius 2 is 1.81 bits per heavy atom. The molecule has 0 saturated heterocycles. The number of nitrogens with one attached hydrogen (secondary N) is 1. The van der Waals surface area contributed by atoms with Gasteiger partial charge in [-0.05, 0) is 45.0 Å². The number of fused-ring (bicyclic) bond motifs is 1. The lowest BCUT2D eigenvalue weighted by molar-refractivity contribution is -0.138. The van der Waals surface area contributed by atoms with E-state index in [0.717, 1.165) is 0 Å². The summed E-state index contributed by atoms with van der Waals surface area (Å²) in [5.41, 5.74) is 0.527. The highest BCUT2D eigenvalue weighted by atomic mass is 32.2. The van der Waals surface area contributed by atoms with E-state index in [1.807, 2.05) is 20.8 Å². The predicted octanol–water partition coefficient (Wildman–Crippen LogP) is 2.70. The smallest absolute Gasteiger partial charge is 0.241 e. The van der Waals surface area contributed by atoms with Crippen LogP contribution in [-0.4, -0.2) is 46.1 Å². The van der Waals surface area contributed by atoms with Crippen LogP contribution >= 0.6 is 0 Å². The number of sulfonamides is 1. The van der Waals surface area contributed by atoms with Crippen molar-refractivity contribution < 1.29 is 22.6 Å². The molecule has 7 nitrogen and oxygen atoms in total. The zero-order valence-electron chi connectivity index (χ0n) is 15.4. The van der Waals surface area contributed by atoms with E-state index < -0.39 is 16.3 Å². The van der Waals surface area contributed by atoms with Gasteiger partial charge in [0, 0.05) is 37.8 Å². The lowest BCUT2D eigenvalue weighted by atomic mass is 10.2. The molecule has 0 aliphatic heterocycles. The molecular formula is C18H26N2O5S. The molecule has 0 aliphatic carbocycles. The molecule has 1 heterocycles. The first-order chi connectivity index (χ1) is 12.5. The van der Waals surface area contributed by atoms with Crippen LogP contribution in [0, 0.1) is 0 Å². The maximum atomic E-state index is 12.8. The molecule has 0 saturated carbocycles. The molecule has 0 spiro atoms. The number of benzene rings is 1. The van der Waals surface area contributed by atoms with Gasteiger partial charge in [-0.15, -0.1) is 0 Å². The fraction of sp³-hybridized carbons (Fsp3) is 0.500. The van der Waals surface area contributed by atoms with Crippen LogP contribution in [0.1, 0.15) is 27.2 Å². The minimum Gasteiger partial charge on any atom is -0.492 e. The average molecular weight is 382 g/mol. The summed E-state index contributed by atoms with van der Waals surface area (Å²) < 4.78 is 44.5. The Labute approximate surface area is 154 Å². The lowest BCUT2D eigenvalue weighted by Crippen LogP contribution is -2.29. The van der Waals surface area contributed by atoms with E-state index in [1.165, 1.54) is 0 Å². The van der Waals surface area contributed by atoms with Crippen molar-refractivity contribution in [3.8, 4) is 5.75 Å². The van der Waals surface area contributed by atoms with Gasteiger partial charge in [0.1, 0.15) is 11.3 Å². The molecule has 1 aromatic heterocycles. The van der Waals surface area contributed by atoms with Gasteiger partial charge in [-0.1, -0.05) is 0 Å². The van der Waals surface area contributed by atoms with Crippen LogP contribution in [0.5, 0.6) is 5.75 Å². The van der Waals surface area contributed by atoms with Crippen molar-refractivity contribution in [2.45, 2.75) is 38.4 Å². The van der Waals surface area contributed by atoms with Crippen LogP contribution in [0.15, 0.2) is 35.4 Å². The molecule has 1 aromatic carbocycles. The van der Waals surface area contributed by atoms with Gasteiger partial charge in [-0.2, -0.15) is 0 Å². The lowest BCUT2D eigenvalue weighted by Gasteiger charge is -2.17. The van der Waals surface area contributed by atoms with Crippen molar-refractivity contribution in [2.24, 2.45) is 0 Å². The second-order valence-electron chi connectivity index (χ2n) is 5.42. The summed E-state index contributed by atoms with van der Waals surface area (Å²) in [6.45, 7) is 7.31. The van der Waals surface area contributed by atoms with Crippen LogP contribution in [0.3, 0.4) is 0 Å². The molecule has 0 fully saturated rings. The molecule has 0 bridgehead atoms. The van der Waals surface area contributed by atoms with Crippen molar-refractivity contribution in [3.63, 3.8) is 0 Å². The molecular weight excluding hydrogens is 356 g/mol. The third-order valence-electron chi connectivity index (χ3n) is 3.66. The van der Waals surface area contributed by atoms with E-state index in [4.69, 9.17) is 14.2 Å². The number of hydrogen-bond acceptors (Lipinski definition) is 6. The molecule has 1 N–H and O–H groups in total. The van der Waals surface area contributed by atoms with E-state index in [0.29, 0.717) is 42.9 Å². The van der Waals surface area contributed by atoms with Crippen LogP contribution in [0.4, 0.5) is 0 Å². The van der Waals surface area contributed by atoms with Gasteiger partial charge in [0.15, 0.2) is 6.29 Å². The molecule has 0 unspecified atom stereocenters. The number of hydrogen-bond donors (Lipinski definition) is 1. The second-order valence-corrected chi connectivity index (χ2v) is 7.16. The van der Waals surface area contributed by atoms with Crippen molar-refractivity contribution >= 4 is 20.9 Å². The molecule has 2 aromatic rings. The first-order valence-electron chi connectivity index (χ1n) is 8.76. The largest absolute Gasteiger partial charge is 0.492 e. The molecule has 0 aliphatic rings. The van der Waals surface area contributed by atoms with Gasteiger partial charge in [-0.25, -0.2) is 13.1 Å². The summed E-state index contributed by atoms with van der Waals surface area (Å²) in [4.78, 5) is 4.45. The van der Waals surface area contributed by atoms with E-state index >= 15 is 0 Å². The highest BCUT2D eigenvalue weighted by Crippen LogP contribution is 2.29. The summed E-state index contributed by atoms with van der Waals surface area (Å²) in [6.07, 6.45) is 1.61. The molecule has 144 valence electrons. The van der Waals surface area contributed by atoms with Gasteiger partial charge in [-0.3, -0.25) is 4.98 Å². The monoisotopic (exact) mass is 382 g/mol. The Kier molecular flexibility index (Phi) is 7.77. The maximum Gasteiger partial charge on any atom is 0.241 e. The Bertz CT molecular complexity index is 804. The third-order valence-corrected chi connectivity index (χ3v) is 5.18. The molecule has 8 heteroatoms. The average Bonchev–Trinajstić information content (AvgIpc) is 2.62. The SMILES string of the molecule is CCOc1ccc(S(=O)(=O)NCCC(OCC)OCC)c2cccnc12. The van der Waals surface area contributed by atoms with E-state index in [2.05, 4.69) is 9.71 Å². The van der Waals surface area contributed by atoms with Gasteiger partial charge < -0.3 is 14.2 Å². The Morgan fingerprint density at radius 3 is 2.46 bits per heavy atom. The quantitative estimate of drug-likeness (QED) is 0.601. The molecule has 0 atom stereocenters. The van der Waals surface area contributed by atoms with E-state index in [1.54, 1.807) is 30.5 Å². The fourth-order valence-electron chi connectivity index (χ4n) is 2.60. The second kappa shape index (κ2) is 9.82. The molecule has 0 amide bonds.